The summed E-state index contributed by atoms with van der Waals surface area (Å²) in [7, 11) is 0. The predicted molar refractivity (Wildman–Crippen MR) is 100 cm³/mol. The van der Waals surface area contributed by atoms with Gasteiger partial charge in [0.2, 0.25) is 5.91 Å². The van der Waals surface area contributed by atoms with Crippen LogP contribution in [-0.4, -0.2) is 24.4 Å². The van der Waals surface area contributed by atoms with Gasteiger partial charge in [-0.25, -0.2) is 0 Å². The minimum absolute atomic E-state index is 0.0659. The number of benzene rings is 2. The molecule has 26 heavy (non-hydrogen) atoms. The molecule has 0 atom stereocenters. The van der Waals surface area contributed by atoms with Crippen molar-refractivity contribution in [3.05, 3.63) is 59.1 Å². The number of halogens is 1. The molecule has 0 aliphatic carbocycles. The van der Waals surface area contributed by atoms with Crippen LogP contribution in [0.3, 0.4) is 0 Å². The van der Waals surface area contributed by atoms with E-state index in [2.05, 4.69) is 10.6 Å². The van der Waals surface area contributed by atoms with Crippen LogP contribution in [0.25, 0.3) is 0 Å². The van der Waals surface area contributed by atoms with Gasteiger partial charge in [-0.2, -0.15) is 0 Å². The third-order valence-electron chi connectivity index (χ3n) is 3.37. The quantitative estimate of drug-likeness (QED) is 0.726. The summed E-state index contributed by atoms with van der Waals surface area (Å²) in [4.78, 5) is 35.3. The van der Waals surface area contributed by atoms with Crippen LogP contribution in [0.15, 0.2) is 48.5 Å². The summed E-state index contributed by atoms with van der Waals surface area (Å²) in [5.74, 6) is -1.43. The molecule has 2 N–H and O–H groups in total. The van der Waals surface area contributed by atoms with Crippen LogP contribution >= 0.6 is 11.6 Å². The SMILES string of the molecule is Cc1cccc(NC(=O)COC(=O)CCC(=O)Nc2ccccc2Cl)c1. The lowest BCUT2D eigenvalue weighted by molar-refractivity contribution is -0.147. The van der Waals surface area contributed by atoms with E-state index < -0.39 is 18.5 Å². The highest BCUT2D eigenvalue weighted by Gasteiger charge is 2.11. The van der Waals surface area contributed by atoms with Crippen molar-refractivity contribution in [2.45, 2.75) is 19.8 Å². The molecule has 2 aromatic rings. The van der Waals surface area contributed by atoms with Gasteiger partial charge in [0, 0.05) is 12.1 Å². The smallest absolute Gasteiger partial charge is 0.306 e. The van der Waals surface area contributed by atoms with Crippen molar-refractivity contribution in [3.63, 3.8) is 0 Å². The van der Waals surface area contributed by atoms with Crippen molar-refractivity contribution in [1.82, 2.24) is 0 Å². The second-order valence-electron chi connectivity index (χ2n) is 5.61. The summed E-state index contributed by atoms with van der Waals surface area (Å²) >= 11 is 5.94. The lowest BCUT2D eigenvalue weighted by Gasteiger charge is -2.08. The Bertz CT molecular complexity index is 808. The number of para-hydroxylation sites is 1. The summed E-state index contributed by atoms with van der Waals surface area (Å²) in [6, 6.07) is 14.1. The zero-order valence-electron chi connectivity index (χ0n) is 14.3. The highest BCUT2D eigenvalue weighted by atomic mass is 35.5. The first-order valence-corrected chi connectivity index (χ1v) is 8.38. The number of esters is 1. The Morgan fingerprint density at radius 2 is 1.73 bits per heavy atom. The largest absolute Gasteiger partial charge is 0.456 e. The number of hydrogen-bond donors (Lipinski definition) is 2. The maximum absolute atomic E-state index is 11.8. The highest BCUT2D eigenvalue weighted by Crippen LogP contribution is 2.20. The van der Waals surface area contributed by atoms with Gasteiger partial charge >= 0.3 is 5.97 Å². The molecule has 136 valence electrons. The van der Waals surface area contributed by atoms with Crippen molar-refractivity contribution in [1.29, 1.82) is 0 Å². The molecule has 2 rings (SSSR count). The molecule has 0 saturated carbocycles. The lowest BCUT2D eigenvalue weighted by Crippen LogP contribution is -2.21. The minimum atomic E-state index is -0.626. The number of ether oxygens (including phenoxy) is 1. The van der Waals surface area contributed by atoms with E-state index in [1.54, 1.807) is 36.4 Å². The van der Waals surface area contributed by atoms with E-state index in [1.165, 1.54) is 0 Å². The number of amides is 2. The molecule has 6 nitrogen and oxygen atoms in total. The molecular formula is C19H19ClN2O4. The van der Waals surface area contributed by atoms with Crippen LogP contribution < -0.4 is 10.6 Å². The molecule has 0 radical (unpaired) electrons. The van der Waals surface area contributed by atoms with E-state index >= 15 is 0 Å². The number of anilines is 2. The maximum Gasteiger partial charge on any atom is 0.306 e. The first-order valence-electron chi connectivity index (χ1n) is 8.00. The molecule has 0 aliphatic heterocycles. The van der Waals surface area contributed by atoms with E-state index in [1.807, 2.05) is 19.1 Å². The topological polar surface area (TPSA) is 84.5 Å². The first kappa shape index (κ1) is 19.5. The van der Waals surface area contributed by atoms with E-state index in [0.717, 1.165) is 5.56 Å². The summed E-state index contributed by atoms with van der Waals surface area (Å²) in [6.07, 6.45) is -0.197. The standard InChI is InChI=1S/C19H19ClN2O4/c1-13-5-4-6-14(11-13)21-18(24)12-26-19(25)10-9-17(23)22-16-8-3-2-7-15(16)20/h2-8,11H,9-10,12H2,1H3,(H,21,24)(H,22,23). The van der Waals surface area contributed by atoms with Gasteiger partial charge in [0.05, 0.1) is 17.1 Å². The third-order valence-corrected chi connectivity index (χ3v) is 3.70. The summed E-state index contributed by atoms with van der Waals surface area (Å²) in [6.45, 7) is 1.50. The molecule has 0 unspecified atom stereocenters. The normalized spacial score (nSPS) is 10.1. The molecule has 0 aliphatic rings. The van der Waals surface area contributed by atoms with Gasteiger partial charge in [0.1, 0.15) is 0 Å². The summed E-state index contributed by atoms with van der Waals surface area (Å²) in [5.41, 5.74) is 2.11. The van der Waals surface area contributed by atoms with Gasteiger partial charge < -0.3 is 15.4 Å². The van der Waals surface area contributed by atoms with Crippen molar-refractivity contribution in [3.8, 4) is 0 Å². The number of carbonyl (C=O) groups excluding carboxylic acids is 3. The second kappa shape index (κ2) is 9.58. The summed E-state index contributed by atoms with van der Waals surface area (Å²) in [5, 5.41) is 5.66. The fourth-order valence-corrected chi connectivity index (χ4v) is 2.31. The fraction of sp³-hybridized carbons (Fsp3) is 0.211. The number of carbonyl (C=O) groups is 3. The van der Waals surface area contributed by atoms with E-state index in [4.69, 9.17) is 16.3 Å². The Labute approximate surface area is 156 Å². The van der Waals surface area contributed by atoms with Crippen molar-refractivity contribution < 1.29 is 19.1 Å². The Morgan fingerprint density at radius 1 is 0.962 bits per heavy atom. The number of nitrogens with one attached hydrogen (secondary N) is 2. The van der Waals surface area contributed by atoms with E-state index in [9.17, 15) is 14.4 Å². The molecule has 0 heterocycles. The van der Waals surface area contributed by atoms with Gasteiger partial charge in [-0.05, 0) is 36.8 Å². The van der Waals surface area contributed by atoms with Crippen LogP contribution in [0.4, 0.5) is 11.4 Å². The Morgan fingerprint density at radius 3 is 2.46 bits per heavy atom. The Balaban J connectivity index is 1.69. The van der Waals surface area contributed by atoms with Crippen LogP contribution in [0, 0.1) is 6.92 Å². The molecule has 2 aromatic carbocycles. The van der Waals surface area contributed by atoms with Gasteiger partial charge in [-0.15, -0.1) is 0 Å². The van der Waals surface area contributed by atoms with Crippen molar-refractivity contribution >= 4 is 40.8 Å². The van der Waals surface area contributed by atoms with E-state index in [-0.39, 0.29) is 18.7 Å². The first-order chi connectivity index (χ1) is 12.4. The molecule has 2 amide bonds. The molecule has 0 saturated heterocycles. The molecule has 0 bridgehead atoms. The van der Waals surface area contributed by atoms with Gasteiger partial charge in [-0.1, -0.05) is 35.9 Å². The van der Waals surface area contributed by atoms with Crippen LogP contribution in [0.5, 0.6) is 0 Å². The average molecular weight is 375 g/mol. The molecule has 0 fully saturated rings. The second-order valence-corrected chi connectivity index (χ2v) is 6.01. The number of rotatable bonds is 7. The van der Waals surface area contributed by atoms with Crippen LogP contribution in [0.1, 0.15) is 18.4 Å². The molecule has 0 aromatic heterocycles. The highest BCUT2D eigenvalue weighted by molar-refractivity contribution is 6.33. The third kappa shape index (κ3) is 6.57. The average Bonchev–Trinajstić information content (AvgIpc) is 2.60. The lowest BCUT2D eigenvalue weighted by atomic mass is 10.2. The van der Waals surface area contributed by atoms with Gasteiger partial charge in [-0.3, -0.25) is 14.4 Å². The number of hydrogen-bond acceptors (Lipinski definition) is 4. The minimum Gasteiger partial charge on any atom is -0.456 e. The summed E-state index contributed by atoms with van der Waals surface area (Å²) < 4.78 is 4.87. The van der Waals surface area contributed by atoms with Gasteiger partial charge in [0.25, 0.3) is 5.91 Å². The van der Waals surface area contributed by atoms with Crippen molar-refractivity contribution in [2.75, 3.05) is 17.2 Å². The zero-order chi connectivity index (χ0) is 18.9. The predicted octanol–water partition coefficient (Wildman–Crippen LogP) is 3.55. The Kier molecular flexibility index (Phi) is 7.17. The van der Waals surface area contributed by atoms with Gasteiger partial charge in [0.15, 0.2) is 6.61 Å². The maximum atomic E-state index is 11.8. The van der Waals surface area contributed by atoms with Crippen LogP contribution in [-0.2, 0) is 19.1 Å². The molecule has 7 heteroatoms. The Hall–Kier alpha value is -2.86. The van der Waals surface area contributed by atoms with Crippen LogP contribution in [0.2, 0.25) is 5.02 Å². The number of aryl methyl sites for hydroxylation is 1. The monoisotopic (exact) mass is 374 g/mol. The molecular weight excluding hydrogens is 356 g/mol. The zero-order valence-corrected chi connectivity index (χ0v) is 15.0. The van der Waals surface area contributed by atoms with E-state index in [0.29, 0.717) is 16.4 Å². The molecule has 0 spiro atoms. The fourth-order valence-electron chi connectivity index (χ4n) is 2.13. The van der Waals surface area contributed by atoms with Crippen molar-refractivity contribution in [2.24, 2.45) is 0 Å².